The predicted octanol–water partition coefficient (Wildman–Crippen LogP) is 5.03. The van der Waals surface area contributed by atoms with Crippen molar-refractivity contribution in [1.29, 1.82) is 0 Å². The van der Waals surface area contributed by atoms with Crippen molar-refractivity contribution in [3.63, 3.8) is 0 Å². The maximum absolute atomic E-state index is 12.2. The lowest BCUT2D eigenvalue weighted by Crippen LogP contribution is -2.46. The van der Waals surface area contributed by atoms with Crippen LogP contribution in [0, 0.1) is 0 Å². The van der Waals surface area contributed by atoms with E-state index in [0.29, 0.717) is 28.2 Å². The number of rotatable bonds is 23. The number of sulfonamides is 1. The molecule has 1 atom stereocenters. The number of amides is 3. The predicted molar refractivity (Wildman–Crippen MR) is 157 cm³/mol. The second kappa shape index (κ2) is 18.9. The molecule has 1 aliphatic heterocycles. The van der Waals surface area contributed by atoms with Crippen LogP contribution in [0.3, 0.4) is 0 Å². The van der Waals surface area contributed by atoms with Gasteiger partial charge >= 0.3 is 12.1 Å². The van der Waals surface area contributed by atoms with Crippen molar-refractivity contribution in [1.82, 2.24) is 9.21 Å². The van der Waals surface area contributed by atoms with Gasteiger partial charge in [-0.2, -0.15) is 8.42 Å². The third-order valence-corrected chi connectivity index (χ3v) is 9.51. The molecule has 1 fully saturated rings. The van der Waals surface area contributed by atoms with E-state index in [-0.39, 0.29) is 25.4 Å². The van der Waals surface area contributed by atoms with Crippen molar-refractivity contribution < 1.29 is 40.2 Å². The quantitative estimate of drug-likeness (QED) is 0.0964. The molecule has 0 saturated carbocycles. The SMILES string of the molecule is CCCCCCCCCCCCCC[N+](C)(CCCCOC(=O)N1CCN(S(C)(=O)=O)C1=O)CCCS(=O)(=O)O. The molecule has 0 radical (unpaired) electrons. The van der Waals surface area contributed by atoms with Crippen LogP contribution in [0.4, 0.5) is 9.59 Å². The summed E-state index contributed by atoms with van der Waals surface area (Å²) in [4.78, 5) is 25.2. The van der Waals surface area contributed by atoms with E-state index in [4.69, 9.17) is 9.29 Å². The molecule has 0 aromatic heterocycles. The molecule has 0 aromatic carbocycles. The van der Waals surface area contributed by atoms with Crippen molar-refractivity contribution in [2.24, 2.45) is 0 Å². The van der Waals surface area contributed by atoms with Crippen LogP contribution < -0.4 is 0 Å². The second-order valence-corrected chi connectivity index (χ2v) is 14.9. The Labute approximate surface area is 243 Å². The average Bonchev–Trinajstić information content (AvgIpc) is 3.25. The molecule has 3 amide bonds. The summed E-state index contributed by atoms with van der Waals surface area (Å²) >= 11 is 0. The van der Waals surface area contributed by atoms with E-state index >= 15 is 0 Å². The van der Waals surface area contributed by atoms with Crippen LogP contribution in [-0.4, -0.2) is 106 Å². The van der Waals surface area contributed by atoms with Crippen molar-refractivity contribution in [2.45, 2.75) is 103 Å². The smallest absolute Gasteiger partial charge is 0.418 e. The summed E-state index contributed by atoms with van der Waals surface area (Å²) in [6.45, 7) is 4.53. The van der Waals surface area contributed by atoms with Gasteiger partial charge in [0.2, 0.25) is 10.0 Å². The van der Waals surface area contributed by atoms with E-state index in [0.717, 1.165) is 43.5 Å². The zero-order valence-corrected chi connectivity index (χ0v) is 26.7. The number of unbranched alkanes of at least 4 members (excludes halogenated alkanes) is 12. The molecule has 1 aliphatic rings. The summed E-state index contributed by atoms with van der Waals surface area (Å²) in [5, 5.41) is 0. The molecular weight excluding hydrogens is 558 g/mol. The van der Waals surface area contributed by atoms with Gasteiger partial charge in [0.15, 0.2) is 0 Å². The zero-order chi connectivity index (χ0) is 30.1. The normalized spacial score (nSPS) is 15.9. The number of hydrogen-bond donors (Lipinski definition) is 1. The lowest BCUT2D eigenvalue weighted by Gasteiger charge is -2.35. The molecule has 13 heteroatoms. The van der Waals surface area contributed by atoms with Gasteiger partial charge in [0.25, 0.3) is 10.1 Å². The van der Waals surface area contributed by atoms with Gasteiger partial charge in [0.05, 0.1) is 58.4 Å². The lowest BCUT2D eigenvalue weighted by atomic mass is 10.0. The molecule has 1 saturated heterocycles. The highest BCUT2D eigenvalue weighted by atomic mass is 32.2. The van der Waals surface area contributed by atoms with Gasteiger partial charge in [0.1, 0.15) is 0 Å². The molecule has 1 N–H and O–H groups in total. The van der Waals surface area contributed by atoms with Crippen molar-refractivity contribution in [2.75, 3.05) is 58.4 Å². The van der Waals surface area contributed by atoms with E-state index in [9.17, 15) is 26.4 Å². The van der Waals surface area contributed by atoms with E-state index in [1.807, 2.05) is 0 Å². The summed E-state index contributed by atoms with van der Waals surface area (Å²) in [6, 6.07) is -0.891. The van der Waals surface area contributed by atoms with Crippen LogP contribution in [0.2, 0.25) is 0 Å². The molecular formula is C27H54N3O8S2+. The van der Waals surface area contributed by atoms with Crippen LogP contribution in [0.25, 0.3) is 0 Å². The minimum atomic E-state index is -4.00. The molecule has 0 bridgehead atoms. The first-order valence-corrected chi connectivity index (χ1v) is 18.5. The molecule has 11 nitrogen and oxygen atoms in total. The first-order chi connectivity index (χ1) is 18.8. The fraction of sp³-hybridized carbons (Fsp3) is 0.926. The Morgan fingerprint density at radius 1 is 0.800 bits per heavy atom. The minimum Gasteiger partial charge on any atom is -0.449 e. The van der Waals surface area contributed by atoms with E-state index in [1.165, 1.54) is 64.2 Å². The van der Waals surface area contributed by atoms with E-state index in [1.54, 1.807) is 0 Å². The molecule has 1 unspecified atom stereocenters. The first kappa shape index (κ1) is 36.6. The Bertz CT molecular complexity index is 959. The summed E-state index contributed by atoms with van der Waals surface area (Å²) in [6.07, 6.45) is 17.0. The number of urea groups is 1. The number of imide groups is 1. The van der Waals surface area contributed by atoms with Gasteiger partial charge in [0, 0.05) is 6.42 Å². The number of hydrogen-bond acceptors (Lipinski definition) is 7. The summed E-state index contributed by atoms with van der Waals surface area (Å²) in [5.41, 5.74) is 0. The van der Waals surface area contributed by atoms with E-state index in [2.05, 4.69) is 14.0 Å². The van der Waals surface area contributed by atoms with Gasteiger partial charge in [-0.3, -0.25) is 4.55 Å². The third-order valence-electron chi connectivity index (χ3n) is 7.56. The highest BCUT2D eigenvalue weighted by Gasteiger charge is 2.39. The van der Waals surface area contributed by atoms with Gasteiger partial charge in [-0.05, 0) is 25.7 Å². The fourth-order valence-corrected chi connectivity index (χ4v) is 6.41. The highest BCUT2D eigenvalue weighted by molar-refractivity contribution is 7.88. The third kappa shape index (κ3) is 16.1. The number of carbonyl (C=O) groups is 2. The van der Waals surface area contributed by atoms with Crippen LogP contribution in [0.5, 0.6) is 0 Å². The lowest BCUT2D eigenvalue weighted by molar-refractivity contribution is -0.910. The molecule has 1 heterocycles. The minimum absolute atomic E-state index is 0.0352. The number of quaternary nitrogens is 1. The fourth-order valence-electron chi connectivity index (χ4n) is 5.13. The Hall–Kier alpha value is -1.44. The van der Waals surface area contributed by atoms with E-state index < -0.39 is 32.3 Å². The Balaban J connectivity index is 2.34. The topological polar surface area (TPSA) is 138 Å². The summed E-state index contributed by atoms with van der Waals surface area (Å²) < 4.78 is 61.3. The Morgan fingerprint density at radius 2 is 1.27 bits per heavy atom. The monoisotopic (exact) mass is 612 g/mol. The summed E-state index contributed by atoms with van der Waals surface area (Å²) in [5.74, 6) is -0.259. The Kier molecular flexibility index (Phi) is 17.3. The van der Waals surface area contributed by atoms with Gasteiger partial charge in [-0.15, -0.1) is 0 Å². The molecule has 1 rings (SSSR count). The van der Waals surface area contributed by atoms with Crippen LogP contribution in [0.15, 0.2) is 0 Å². The zero-order valence-electron chi connectivity index (χ0n) is 25.0. The van der Waals surface area contributed by atoms with Crippen molar-refractivity contribution >= 4 is 32.3 Å². The maximum Gasteiger partial charge on any atom is 0.418 e. The average molecular weight is 613 g/mol. The largest absolute Gasteiger partial charge is 0.449 e. The first-order valence-electron chi connectivity index (χ1n) is 15.0. The number of nitrogens with zero attached hydrogens (tertiary/aromatic N) is 3. The highest BCUT2D eigenvalue weighted by Crippen LogP contribution is 2.16. The Morgan fingerprint density at radius 3 is 1.75 bits per heavy atom. The van der Waals surface area contributed by atoms with Crippen molar-refractivity contribution in [3.8, 4) is 0 Å². The second-order valence-electron chi connectivity index (χ2n) is 11.4. The van der Waals surface area contributed by atoms with Gasteiger partial charge < -0.3 is 9.22 Å². The molecule has 236 valence electrons. The van der Waals surface area contributed by atoms with Crippen LogP contribution >= 0.6 is 0 Å². The number of ether oxygens (including phenoxy) is 1. The maximum atomic E-state index is 12.2. The van der Waals surface area contributed by atoms with Gasteiger partial charge in [-0.1, -0.05) is 71.1 Å². The van der Waals surface area contributed by atoms with Crippen molar-refractivity contribution in [3.05, 3.63) is 0 Å². The number of carbonyl (C=O) groups excluding carboxylic acids is 2. The van der Waals surface area contributed by atoms with Gasteiger partial charge in [-0.25, -0.2) is 27.2 Å². The molecule has 0 spiro atoms. The summed E-state index contributed by atoms with van der Waals surface area (Å²) in [7, 11) is -5.63. The molecule has 0 aromatic rings. The standard InChI is InChI=1S/C27H53N3O8S2/c1-4-5-6-7-8-9-10-11-12-13-14-15-21-30(2,23-18-25-40(35,36)37)22-16-17-24-38-27(32)28-19-20-29(26(28)31)39(3,33)34/h4-25H2,1-3H3/p+1. The van der Waals surface area contributed by atoms with Crippen LogP contribution in [-0.2, 0) is 24.9 Å². The molecule has 40 heavy (non-hydrogen) atoms. The van der Waals surface area contributed by atoms with Crippen LogP contribution in [0.1, 0.15) is 103 Å². The molecule has 0 aliphatic carbocycles.